The number of anilines is 1. The van der Waals surface area contributed by atoms with Crippen molar-refractivity contribution >= 4 is 17.9 Å². The van der Waals surface area contributed by atoms with Crippen molar-refractivity contribution in [1.29, 1.82) is 0 Å². The van der Waals surface area contributed by atoms with Gasteiger partial charge in [-0.25, -0.2) is 4.39 Å². The van der Waals surface area contributed by atoms with E-state index in [2.05, 4.69) is 5.32 Å². The Balaban J connectivity index is 2.71. The third-order valence-electron chi connectivity index (χ3n) is 1.22. The second kappa shape index (κ2) is 3.61. The Bertz CT molecular complexity index is 294. The van der Waals surface area contributed by atoms with Crippen LogP contribution < -0.4 is 5.32 Å². The van der Waals surface area contributed by atoms with Crippen molar-refractivity contribution in [1.82, 2.24) is 0 Å². The summed E-state index contributed by atoms with van der Waals surface area (Å²) in [7, 11) is 0. The smallest absolute Gasteiger partial charge is 0.288 e. The van der Waals surface area contributed by atoms with E-state index in [4.69, 9.17) is 0 Å². The van der Waals surface area contributed by atoms with E-state index in [1.807, 2.05) is 0 Å². The van der Waals surface area contributed by atoms with E-state index in [-0.39, 0.29) is 12.1 Å². The summed E-state index contributed by atoms with van der Waals surface area (Å²) in [6.07, 6.45) is 0.156. The molecule has 0 fully saturated rings. The Kier molecular flexibility index (Phi) is 2.53. The van der Waals surface area contributed by atoms with Crippen LogP contribution in [0.4, 0.5) is 10.1 Å². The molecule has 0 aromatic heterocycles. The average molecular weight is 167 g/mol. The molecule has 1 aromatic carbocycles. The highest BCUT2D eigenvalue weighted by Crippen LogP contribution is 2.07. The summed E-state index contributed by atoms with van der Waals surface area (Å²) in [6.45, 7) is 0. The molecule has 12 heavy (non-hydrogen) atoms. The number of rotatable bonds is 2. The van der Waals surface area contributed by atoms with Crippen LogP contribution in [0.1, 0.15) is 0 Å². The second-order valence-electron chi connectivity index (χ2n) is 2.11. The van der Waals surface area contributed by atoms with Crippen molar-refractivity contribution in [2.75, 3.05) is 5.32 Å². The van der Waals surface area contributed by atoms with Gasteiger partial charge in [0, 0.05) is 5.69 Å². The lowest BCUT2D eigenvalue weighted by molar-refractivity contribution is -0.127. The number of carbonyl (C=O) groups is 2. The summed E-state index contributed by atoms with van der Waals surface area (Å²) in [5, 5.41) is 2.25. The van der Waals surface area contributed by atoms with Crippen molar-refractivity contribution < 1.29 is 14.0 Å². The van der Waals surface area contributed by atoms with Crippen molar-refractivity contribution in [3.05, 3.63) is 30.1 Å². The molecule has 0 bridgehead atoms. The van der Waals surface area contributed by atoms with Crippen LogP contribution >= 0.6 is 0 Å². The summed E-state index contributed by atoms with van der Waals surface area (Å²) in [5.41, 5.74) is 0.397. The lowest BCUT2D eigenvalue weighted by Crippen LogP contribution is -2.11. The number of amides is 1. The lowest BCUT2D eigenvalue weighted by atomic mass is 10.3. The van der Waals surface area contributed by atoms with Gasteiger partial charge in [0.05, 0.1) is 0 Å². The van der Waals surface area contributed by atoms with E-state index in [0.29, 0.717) is 5.69 Å². The second-order valence-corrected chi connectivity index (χ2v) is 2.11. The molecule has 0 atom stereocenters. The lowest BCUT2D eigenvalue weighted by Gasteiger charge is -1.98. The SMILES string of the molecule is O=CC(=O)Nc1ccc(F)cc1. The van der Waals surface area contributed by atoms with Gasteiger partial charge in [0.2, 0.25) is 6.29 Å². The van der Waals surface area contributed by atoms with Gasteiger partial charge in [-0.2, -0.15) is 0 Å². The standard InChI is InChI=1S/C8H6FNO2/c9-6-1-3-7(4-2-6)10-8(12)5-11/h1-5H,(H,10,12). The third kappa shape index (κ3) is 2.16. The van der Waals surface area contributed by atoms with Crippen molar-refractivity contribution in [3.63, 3.8) is 0 Å². The molecule has 0 saturated carbocycles. The Hall–Kier alpha value is -1.71. The van der Waals surface area contributed by atoms with Gasteiger partial charge in [-0.3, -0.25) is 9.59 Å². The Morgan fingerprint density at radius 2 is 1.92 bits per heavy atom. The molecule has 4 heteroatoms. The van der Waals surface area contributed by atoms with Gasteiger partial charge in [0.1, 0.15) is 5.82 Å². The van der Waals surface area contributed by atoms with E-state index >= 15 is 0 Å². The van der Waals surface area contributed by atoms with Crippen LogP contribution in [0.2, 0.25) is 0 Å². The summed E-state index contributed by atoms with van der Waals surface area (Å²) < 4.78 is 12.3. The summed E-state index contributed by atoms with van der Waals surface area (Å²) in [6, 6.07) is 5.13. The monoisotopic (exact) mass is 167 g/mol. The molecule has 1 rings (SSSR count). The molecule has 0 saturated heterocycles. The number of aldehydes is 1. The predicted molar refractivity (Wildman–Crippen MR) is 41.1 cm³/mol. The van der Waals surface area contributed by atoms with Crippen molar-refractivity contribution in [2.24, 2.45) is 0 Å². The van der Waals surface area contributed by atoms with Crippen LogP contribution in [0.3, 0.4) is 0 Å². The predicted octanol–water partition coefficient (Wildman–Crippen LogP) is 0.963. The molecule has 3 nitrogen and oxygen atoms in total. The minimum Gasteiger partial charge on any atom is -0.320 e. The van der Waals surface area contributed by atoms with Crippen LogP contribution in [0, 0.1) is 5.82 Å². The van der Waals surface area contributed by atoms with Gasteiger partial charge < -0.3 is 5.32 Å². The number of hydrogen-bond acceptors (Lipinski definition) is 2. The van der Waals surface area contributed by atoms with Crippen LogP contribution in [-0.2, 0) is 9.59 Å². The van der Waals surface area contributed by atoms with E-state index in [9.17, 15) is 14.0 Å². The van der Waals surface area contributed by atoms with Gasteiger partial charge in [-0.15, -0.1) is 0 Å². The van der Waals surface area contributed by atoms with E-state index < -0.39 is 5.91 Å². The van der Waals surface area contributed by atoms with Crippen molar-refractivity contribution in [3.8, 4) is 0 Å². The highest BCUT2D eigenvalue weighted by molar-refractivity contribution is 6.29. The number of hydrogen-bond donors (Lipinski definition) is 1. The molecule has 1 N–H and O–H groups in total. The zero-order chi connectivity index (χ0) is 8.97. The fraction of sp³-hybridized carbons (Fsp3) is 0. The van der Waals surface area contributed by atoms with Crippen molar-refractivity contribution in [2.45, 2.75) is 0 Å². The molecule has 0 radical (unpaired) electrons. The average Bonchev–Trinajstić information content (AvgIpc) is 2.09. The fourth-order valence-corrected chi connectivity index (χ4v) is 0.705. The topological polar surface area (TPSA) is 46.2 Å². The molecule has 0 aliphatic rings. The Morgan fingerprint density at radius 1 is 1.33 bits per heavy atom. The molecule has 1 aromatic rings. The maximum Gasteiger partial charge on any atom is 0.288 e. The third-order valence-corrected chi connectivity index (χ3v) is 1.22. The normalized spacial score (nSPS) is 9.08. The number of nitrogens with one attached hydrogen (secondary N) is 1. The molecule has 0 spiro atoms. The molecule has 0 heterocycles. The number of benzene rings is 1. The van der Waals surface area contributed by atoms with Crippen LogP contribution in [-0.4, -0.2) is 12.2 Å². The minimum absolute atomic E-state index is 0.156. The molecular formula is C8H6FNO2. The quantitative estimate of drug-likeness (QED) is 0.526. The van der Waals surface area contributed by atoms with Gasteiger partial charge >= 0.3 is 0 Å². The first-order valence-corrected chi connectivity index (χ1v) is 3.24. The zero-order valence-corrected chi connectivity index (χ0v) is 6.08. The molecule has 62 valence electrons. The molecule has 0 aliphatic carbocycles. The van der Waals surface area contributed by atoms with Gasteiger partial charge in [0.15, 0.2) is 0 Å². The van der Waals surface area contributed by atoms with Crippen LogP contribution in [0.15, 0.2) is 24.3 Å². The van der Waals surface area contributed by atoms with E-state index in [1.165, 1.54) is 24.3 Å². The van der Waals surface area contributed by atoms with E-state index in [1.54, 1.807) is 0 Å². The van der Waals surface area contributed by atoms with Gasteiger partial charge in [-0.05, 0) is 24.3 Å². The van der Waals surface area contributed by atoms with Gasteiger partial charge in [0.25, 0.3) is 5.91 Å². The highest BCUT2D eigenvalue weighted by atomic mass is 19.1. The number of halogens is 1. The van der Waals surface area contributed by atoms with Crippen LogP contribution in [0.5, 0.6) is 0 Å². The first-order chi connectivity index (χ1) is 5.72. The zero-order valence-electron chi connectivity index (χ0n) is 6.08. The van der Waals surface area contributed by atoms with Gasteiger partial charge in [-0.1, -0.05) is 0 Å². The highest BCUT2D eigenvalue weighted by Gasteiger charge is 1.98. The first-order valence-electron chi connectivity index (χ1n) is 3.24. The maximum atomic E-state index is 12.3. The summed E-state index contributed by atoms with van der Waals surface area (Å²) in [4.78, 5) is 20.4. The Morgan fingerprint density at radius 3 is 2.42 bits per heavy atom. The fourth-order valence-electron chi connectivity index (χ4n) is 0.705. The molecule has 1 amide bonds. The minimum atomic E-state index is -0.749. The molecular weight excluding hydrogens is 161 g/mol. The Labute approximate surface area is 68.2 Å². The molecule has 0 unspecified atom stereocenters. The summed E-state index contributed by atoms with van der Waals surface area (Å²) >= 11 is 0. The van der Waals surface area contributed by atoms with Crippen LogP contribution in [0.25, 0.3) is 0 Å². The number of carbonyl (C=O) groups excluding carboxylic acids is 2. The van der Waals surface area contributed by atoms with E-state index in [0.717, 1.165) is 0 Å². The summed E-state index contributed by atoms with van der Waals surface area (Å²) in [5.74, 6) is -1.14. The first kappa shape index (κ1) is 8.39. The molecule has 0 aliphatic heterocycles. The largest absolute Gasteiger partial charge is 0.320 e. The maximum absolute atomic E-state index is 12.3.